The Morgan fingerprint density at radius 1 is 0.767 bits per heavy atom. The van der Waals surface area contributed by atoms with Gasteiger partial charge >= 0.3 is 0 Å². The van der Waals surface area contributed by atoms with Crippen molar-refractivity contribution in [2.45, 2.75) is 106 Å². The maximum absolute atomic E-state index is 10.4. The van der Waals surface area contributed by atoms with Gasteiger partial charge in [-0.3, -0.25) is 0 Å². The summed E-state index contributed by atoms with van der Waals surface area (Å²) in [6, 6.07) is 0. The van der Waals surface area contributed by atoms with Crippen LogP contribution in [0.5, 0.6) is 0 Å². The van der Waals surface area contributed by atoms with E-state index in [1.165, 1.54) is 39.0 Å². The van der Waals surface area contributed by atoms with E-state index in [9.17, 15) is 10.2 Å². The molecule has 1 aliphatic heterocycles. The normalized spacial score (nSPS) is 30.8. The SMILES string of the molecule is CC1=C[C@H](O)CC(C)(C)[C@H]1/C=C/C(C)=C/C=C/C(C)=C/C=C/C=C(C)/C=C/C=C(\C)C1=C2C(C)(C)C[C@H](O)C[C@@]2(C)OC1. The van der Waals surface area contributed by atoms with Crippen molar-refractivity contribution in [3.8, 4) is 0 Å². The lowest BCUT2D eigenvalue weighted by Gasteiger charge is -2.45. The number of fused-ring (bicyclic) bond motifs is 1. The standard InChI is InChI=1S/C40H56O3/c1-28(17-13-18-30(3)21-22-36-32(5)23-33(41)24-38(36,6)7)15-11-12-16-29(2)19-14-20-31(4)35-27-43-40(10)26-34(42)25-39(8,9)37(35)40/h11-23,33-34,36,41-42H,24-27H2,1-10H3/b12-11+,17-13+,19-14+,22-21+,28-15+,29-16+,30-18+,31-20+/t33-,34-,36-,40+/m0/s1. The van der Waals surface area contributed by atoms with Crippen molar-refractivity contribution >= 4 is 0 Å². The van der Waals surface area contributed by atoms with Crippen molar-refractivity contribution in [1.29, 1.82) is 0 Å². The van der Waals surface area contributed by atoms with Crippen LogP contribution in [0.4, 0.5) is 0 Å². The highest BCUT2D eigenvalue weighted by atomic mass is 16.5. The van der Waals surface area contributed by atoms with Crippen molar-refractivity contribution in [2.24, 2.45) is 16.7 Å². The number of allylic oxidation sites excluding steroid dienone is 16. The van der Waals surface area contributed by atoms with E-state index in [0.29, 0.717) is 18.9 Å². The zero-order valence-electron chi connectivity index (χ0n) is 28.4. The van der Waals surface area contributed by atoms with E-state index >= 15 is 0 Å². The first kappa shape index (κ1) is 34.8. The summed E-state index contributed by atoms with van der Waals surface area (Å²) in [6.45, 7) is 22.3. The Morgan fingerprint density at radius 3 is 1.93 bits per heavy atom. The van der Waals surface area contributed by atoms with Crippen LogP contribution < -0.4 is 0 Å². The predicted octanol–water partition coefficient (Wildman–Crippen LogP) is 9.62. The highest BCUT2D eigenvalue weighted by molar-refractivity contribution is 5.47. The number of ether oxygens (including phenoxy) is 1. The first-order chi connectivity index (χ1) is 20.0. The molecule has 0 aromatic carbocycles. The summed E-state index contributed by atoms with van der Waals surface area (Å²) >= 11 is 0. The van der Waals surface area contributed by atoms with Gasteiger partial charge in [0.25, 0.3) is 0 Å². The quantitative estimate of drug-likeness (QED) is 0.210. The molecule has 0 bridgehead atoms. The molecule has 2 aliphatic carbocycles. The third kappa shape index (κ3) is 9.38. The number of aliphatic hydroxyl groups is 2. The summed E-state index contributed by atoms with van der Waals surface area (Å²) in [5.74, 6) is 0.345. The maximum Gasteiger partial charge on any atom is 0.0904 e. The van der Waals surface area contributed by atoms with Gasteiger partial charge in [-0.2, -0.15) is 0 Å². The van der Waals surface area contributed by atoms with E-state index < -0.39 is 0 Å². The fourth-order valence-electron chi connectivity index (χ4n) is 7.29. The minimum absolute atomic E-state index is 0.0542. The first-order valence-corrected chi connectivity index (χ1v) is 15.9. The average molecular weight is 585 g/mol. The van der Waals surface area contributed by atoms with Crippen LogP contribution in [0.3, 0.4) is 0 Å². The minimum atomic E-state index is -0.363. The Hall–Kier alpha value is -2.72. The van der Waals surface area contributed by atoms with E-state index in [1.54, 1.807) is 0 Å². The zero-order chi connectivity index (χ0) is 32.0. The molecule has 1 saturated carbocycles. The minimum Gasteiger partial charge on any atom is -0.393 e. The van der Waals surface area contributed by atoms with Crippen LogP contribution in [0.15, 0.2) is 118 Å². The summed E-state index contributed by atoms with van der Waals surface area (Å²) in [5, 5.41) is 20.5. The summed E-state index contributed by atoms with van der Waals surface area (Å²) < 4.78 is 6.23. The average Bonchev–Trinajstić information content (AvgIpc) is 3.23. The van der Waals surface area contributed by atoms with Gasteiger partial charge in [0.05, 0.1) is 24.4 Å². The van der Waals surface area contributed by atoms with Gasteiger partial charge in [-0.05, 0) is 81.9 Å². The fraction of sp³-hybridized carbons (Fsp3) is 0.500. The molecule has 2 N–H and O–H groups in total. The van der Waals surface area contributed by atoms with Gasteiger partial charge in [0.2, 0.25) is 0 Å². The molecule has 3 nitrogen and oxygen atoms in total. The van der Waals surface area contributed by atoms with E-state index in [0.717, 1.165) is 12.8 Å². The molecular weight excluding hydrogens is 528 g/mol. The Kier molecular flexibility index (Phi) is 11.6. The number of hydrogen-bond acceptors (Lipinski definition) is 3. The number of aliphatic hydroxyl groups excluding tert-OH is 2. The summed E-state index contributed by atoms with van der Waals surface area (Å²) in [5.41, 5.74) is 8.32. The highest BCUT2D eigenvalue weighted by Gasteiger charge is 2.50. The Balaban J connectivity index is 1.56. The van der Waals surface area contributed by atoms with Crippen LogP contribution in [0.1, 0.15) is 88.5 Å². The molecule has 43 heavy (non-hydrogen) atoms. The van der Waals surface area contributed by atoms with Gasteiger partial charge in [-0.1, -0.05) is 129 Å². The van der Waals surface area contributed by atoms with Crippen LogP contribution in [-0.4, -0.2) is 34.6 Å². The second-order valence-electron chi connectivity index (χ2n) is 14.5. The fourth-order valence-corrected chi connectivity index (χ4v) is 7.29. The van der Waals surface area contributed by atoms with Crippen molar-refractivity contribution in [2.75, 3.05) is 6.61 Å². The molecule has 3 aliphatic rings. The molecule has 1 fully saturated rings. The van der Waals surface area contributed by atoms with Crippen LogP contribution >= 0.6 is 0 Å². The van der Waals surface area contributed by atoms with Crippen molar-refractivity contribution in [3.63, 3.8) is 0 Å². The third-order valence-corrected chi connectivity index (χ3v) is 9.22. The number of hydrogen-bond donors (Lipinski definition) is 2. The summed E-state index contributed by atoms with van der Waals surface area (Å²) in [4.78, 5) is 0. The van der Waals surface area contributed by atoms with E-state index in [-0.39, 0.29) is 28.6 Å². The topological polar surface area (TPSA) is 49.7 Å². The second-order valence-corrected chi connectivity index (χ2v) is 14.5. The molecule has 234 valence electrons. The molecule has 0 aromatic heterocycles. The molecular formula is C40H56O3. The van der Waals surface area contributed by atoms with Gasteiger partial charge in [-0.25, -0.2) is 0 Å². The zero-order valence-corrected chi connectivity index (χ0v) is 28.4. The molecule has 0 radical (unpaired) electrons. The predicted molar refractivity (Wildman–Crippen MR) is 184 cm³/mol. The molecule has 3 heteroatoms. The lowest BCUT2D eigenvalue weighted by molar-refractivity contribution is -0.0497. The summed E-state index contributed by atoms with van der Waals surface area (Å²) in [7, 11) is 0. The molecule has 0 unspecified atom stereocenters. The Bertz CT molecular complexity index is 1330. The number of rotatable bonds is 9. The van der Waals surface area contributed by atoms with Crippen LogP contribution in [0, 0.1) is 16.7 Å². The van der Waals surface area contributed by atoms with Gasteiger partial charge in [0.1, 0.15) is 0 Å². The van der Waals surface area contributed by atoms with Crippen molar-refractivity contribution in [1.82, 2.24) is 0 Å². The first-order valence-electron chi connectivity index (χ1n) is 15.9. The van der Waals surface area contributed by atoms with Crippen LogP contribution in [0.2, 0.25) is 0 Å². The van der Waals surface area contributed by atoms with Gasteiger partial charge < -0.3 is 14.9 Å². The lowest BCUT2D eigenvalue weighted by atomic mass is 9.64. The maximum atomic E-state index is 10.4. The van der Waals surface area contributed by atoms with Crippen LogP contribution in [-0.2, 0) is 4.74 Å². The molecule has 0 aromatic rings. The van der Waals surface area contributed by atoms with Gasteiger partial charge in [0.15, 0.2) is 0 Å². The molecule has 1 heterocycles. The van der Waals surface area contributed by atoms with Crippen LogP contribution in [0.25, 0.3) is 0 Å². The van der Waals surface area contributed by atoms with Crippen molar-refractivity contribution in [3.05, 3.63) is 118 Å². The molecule has 4 atom stereocenters. The van der Waals surface area contributed by atoms with E-state index in [4.69, 9.17) is 4.74 Å². The largest absolute Gasteiger partial charge is 0.393 e. The molecule has 3 rings (SSSR count). The van der Waals surface area contributed by atoms with Gasteiger partial charge in [-0.15, -0.1) is 0 Å². The smallest absolute Gasteiger partial charge is 0.0904 e. The lowest BCUT2D eigenvalue weighted by Crippen LogP contribution is -2.44. The third-order valence-electron chi connectivity index (χ3n) is 9.22. The van der Waals surface area contributed by atoms with Gasteiger partial charge in [0, 0.05) is 12.3 Å². The Morgan fingerprint density at radius 2 is 1.33 bits per heavy atom. The van der Waals surface area contributed by atoms with E-state index in [1.807, 2.05) is 6.08 Å². The highest BCUT2D eigenvalue weighted by Crippen LogP contribution is 2.53. The monoisotopic (exact) mass is 584 g/mol. The molecule has 0 spiro atoms. The summed E-state index contributed by atoms with van der Waals surface area (Å²) in [6.07, 6.45) is 29.3. The van der Waals surface area contributed by atoms with Crippen molar-refractivity contribution < 1.29 is 14.9 Å². The van der Waals surface area contributed by atoms with E-state index in [2.05, 4.69) is 142 Å². The Labute approximate surface area is 262 Å². The second kappa shape index (κ2) is 14.4. The molecule has 0 saturated heterocycles. The molecule has 0 amide bonds.